The first-order valence-corrected chi connectivity index (χ1v) is 8.26. The number of hydrogen-bond acceptors (Lipinski definition) is 3. The molecule has 0 radical (unpaired) electrons. The van der Waals surface area contributed by atoms with Crippen molar-refractivity contribution in [1.82, 2.24) is 0 Å². The molecule has 3 rings (SSSR count). The Labute approximate surface area is 140 Å². The summed E-state index contributed by atoms with van der Waals surface area (Å²) in [5, 5.41) is 5.60. The average Bonchev–Trinajstić information content (AvgIpc) is 2.50. The summed E-state index contributed by atoms with van der Waals surface area (Å²) in [4.78, 5) is 25.8. The molecule has 22 heavy (non-hydrogen) atoms. The molecule has 0 spiro atoms. The van der Waals surface area contributed by atoms with E-state index in [4.69, 9.17) is 0 Å². The third-order valence-electron chi connectivity index (χ3n) is 3.42. The Hall–Kier alpha value is -1.79. The maximum absolute atomic E-state index is 12.6. The second kappa shape index (κ2) is 5.78. The van der Waals surface area contributed by atoms with Crippen LogP contribution < -0.4 is 10.6 Å². The molecule has 0 saturated heterocycles. The molecule has 1 atom stereocenters. The van der Waals surface area contributed by atoms with E-state index in [-0.39, 0.29) is 11.8 Å². The predicted molar refractivity (Wildman–Crippen MR) is 92.1 cm³/mol. The number of thioether (sulfide) groups is 1. The van der Waals surface area contributed by atoms with Gasteiger partial charge in [-0.2, -0.15) is 0 Å². The van der Waals surface area contributed by atoms with E-state index >= 15 is 0 Å². The molecule has 2 aromatic rings. The Bertz CT molecular complexity index is 748. The van der Waals surface area contributed by atoms with Gasteiger partial charge >= 0.3 is 0 Å². The lowest BCUT2D eigenvalue weighted by molar-refractivity contribution is -0.126. The van der Waals surface area contributed by atoms with Crippen LogP contribution in [0.2, 0.25) is 0 Å². The van der Waals surface area contributed by atoms with Crippen LogP contribution in [-0.2, 0) is 9.59 Å². The van der Waals surface area contributed by atoms with Crippen molar-refractivity contribution in [3.63, 3.8) is 0 Å². The van der Waals surface area contributed by atoms with Crippen LogP contribution in [0.5, 0.6) is 0 Å². The summed E-state index contributed by atoms with van der Waals surface area (Å²) in [6, 6.07) is 14.7. The lowest BCUT2D eigenvalue weighted by Gasteiger charge is -2.31. The number of anilines is 2. The molecule has 0 saturated carbocycles. The summed E-state index contributed by atoms with van der Waals surface area (Å²) in [5.74, 6) is -0.655. The minimum absolute atomic E-state index is 0.314. The van der Waals surface area contributed by atoms with Crippen LogP contribution in [-0.4, -0.2) is 16.6 Å². The van der Waals surface area contributed by atoms with Crippen LogP contribution in [0.25, 0.3) is 0 Å². The summed E-state index contributed by atoms with van der Waals surface area (Å²) in [7, 11) is 0. The molecule has 1 aliphatic heterocycles. The van der Waals surface area contributed by atoms with Crippen LogP contribution >= 0.6 is 27.7 Å². The monoisotopic (exact) mass is 376 g/mol. The van der Waals surface area contributed by atoms with Gasteiger partial charge in [-0.05, 0) is 43.3 Å². The number of rotatable bonds is 2. The van der Waals surface area contributed by atoms with Crippen LogP contribution in [0.1, 0.15) is 6.92 Å². The van der Waals surface area contributed by atoms with Gasteiger partial charge < -0.3 is 10.6 Å². The molecule has 0 bridgehead atoms. The highest BCUT2D eigenvalue weighted by atomic mass is 79.9. The predicted octanol–water partition coefficient (Wildman–Crippen LogP) is 3.89. The van der Waals surface area contributed by atoms with Gasteiger partial charge in [0.05, 0.1) is 5.69 Å². The topological polar surface area (TPSA) is 58.2 Å². The second-order valence-electron chi connectivity index (χ2n) is 5.05. The number of para-hydroxylation sites is 1. The van der Waals surface area contributed by atoms with Gasteiger partial charge in [0.15, 0.2) is 4.75 Å². The highest BCUT2D eigenvalue weighted by molar-refractivity contribution is 9.10. The van der Waals surface area contributed by atoms with Crippen molar-refractivity contribution in [3.8, 4) is 0 Å². The van der Waals surface area contributed by atoms with Gasteiger partial charge in [-0.1, -0.05) is 39.8 Å². The number of hydrogen-bond donors (Lipinski definition) is 2. The van der Waals surface area contributed by atoms with Crippen molar-refractivity contribution in [1.29, 1.82) is 0 Å². The van der Waals surface area contributed by atoms with Crippen molar-refractivity contribution in [3.05, 3.63) is 53.0 Å². The quantitative estimate of drug-likeness (QED) is 0.781. The number of carbonyl (C=O) groups is 2. The summed E-state index contributed by atoms with van der Waals surface area (Å²) >= 11 is 4.61. The minimum Gasteiger partial charge on any atom is -0.324 e. The molecule has 1 aliphatic rings. The highest BCUT2D eigenvalue weighted by Gasteiger charge is 2.45. The van der Waals surface area contributed by atoms with Gasteiger partial charge in [-0.25, -0.2) is 0 Å². The van der Waals surface area contributed by atoms with E-state index in [1.54, 1.807) is 19.1 Å². The Morgan fingerprint density at radius 2 is 1.86 bits per heavy atom. The molecular formula is C16H13BrN2O2S. The van der Waals surface area contributed by atoms with E-state index in [0.29, 0.717) is 5.69 Å². The van der Waals surface area contributed by atoms with Gasteiger partial charge in [0.25, 0.3) is 0 Å². The Morgan fingerprint density at radius 1 is 1.18 bits per heavy atom. The standard InChI is InChI=1S/C16H13BrN2O2S/c1-16(14(20)18-11-8-6-10(17)7-9-11)15(21)19-12-4-2-3-5-13(12)22-16/h2-9H,1H3,(H,18,20)(H,19,21). The molecule has 2 amide bonds. The van der Waals surface area contributed by atoms with Gasteiger partial charge in [-0.3, -0.25) is 9.59 Å². The Kier molecular flexibility index (Phi) is 3.97. The minimum atomic E-state index is -1.21. The van der Waals surface area contributed by atoms with Crippen LogP contribution in [0.4, 0.5) is 11.4 Å². The van der Waals surface area contributed by atoms with Crippen LogP contribution in [0.3, 0.4) is 0 Å². The summed E-state index contributed by atoms with van der Waals surface area (Å²) in [6.45, 7) is 1.64. The number of halogens is 1. The largest absolute Gasteiger partial charge is 0.324 e. The van der Waals surface area contributed by atoms with Gasteiger partial charge in [-0.15, -0.1) is 0 Å². The average molecular weight is 377 g/mol. The molecule has 1 unspecified atom stereocenters. The third-order valence-corrected chi connectivity index (χ3v) is 5.30. The SMILES string of the molecule is CC1(C(=O)Nc2ccc(Br)cc2)Sc2ccccc2NC1=O. The van der Waals surface area contributed by atoms with Crippen molar-refractivity contribution < 1.29 is 9.59 Å². The molecule has 4 nitrogen and oxygen atoms in total. The van der Waals surface area contributed by atoms with Crippen molar-refractivity contribution in [2.45, 2.75) is 16.6 Å². The molecule has 0 aliphatic carbocycles. The zero-order chi connectivity index (χ0) is 15.7. The lowest BCUT2D eigenvalue weighted by atomic mass is 10.1. The Balaban J connectivity index is 1.85. The lowest BCUT2D eigenvalue weighted by Crippen LogP contribution is -2.49. The van der Waals surface area contributed by atoms with E-state index in [1.165, 1.54) is 11.8 Å². The zero-order valence-corrected chi connectivity index (χ0v) is 14.1. The summed E-state index contributed by atoms with van der Waals surface area (Å²) in [5.41, 5.74) is 1.40. The van der Waals surface area contributed by atoms with E-state index in [1.807, 2.05) is 36.4 Å². The van der Waals surface area contributed by atoms with E-state index in [0.717, 1.165) is 15.1 Å². The second-order valence-corrected chi connectivity index (χ2v) is 7.42. The summed E-state index contributed by atoms with van der Waals surface area (Å²) in [6.07, 6.45) is 0. The fourth-order valence-electron chi connectivity index (χ4n) is 2.10. The fourth-order valence-corrected chi connectivity index (χ4v) is 3.47. The molecule has 6 heteroatoms. The zero-order valence-electron chi connectivity index (χ0n) is 11.7. The van der Waals surface area contributed by atoms with Crippen molar-refractivity contribution >= 4 is 50.9 Å². The fraction of sp³-hybridized carbons (Fsp3) is 0.125. The normalized spacial score (nSPS) is 20.0. The maximum Gasteiger partial charge on any atom is 0.250 e. The molecule has 2 aromatic carbocycles. The first-order chi connectivity index (χ1) is 10.5. The number of nitrogens with one attached hydrogen (secondary N) is 2. The van der Waals surface area contributed by atoms with Gasteiger partial charge in [0, 0.05) is 15.1 Å². The van der Waals surface area contributed by atoms with E-state index < -0.39 is 4.75 Å². The number of carbonyl (C=O) groups excluding carboxylic acids is 2. The first kappa shape index (κ1) is 15.1. The molecule has 2 N–H and O–H groups in total. The number of benzene rings is 2. The van der Waals surface area contributed by atoms with Crippen LogP contribution in [0, 0.1) is 0 Å². The number of amides is 2. The number of fused-ring (bicyclic) bond motifs is 1. The molecule has 0 fully saturated rings. The van der Waals surface area contributed by atoms with E-state index in [2.05, 4.69) is 26.6 Å². The van der Waals surface area contributed by atoms with Crippen LogP contribution in [0.15, 0.2) is 57.9 Å². The first-order valence-electron chi connectivity index (χ1n) is 6.65. The summed E-state index contributed by atoms with van der Waals surface area (Å²) < 4.78 is -0.281. The highest BCUT2D eigenvalue weighted by Crippen LogP contribution is 2.42. The van der Waals surface area contributed by atoms with Crippen molar-refractivity contribution in [2.75, 3.05) is 10.6 Å². The third kappa shape index (κ3) is 2.76. The molecule has 0 aromatic heterocycles. The molecular weight excluding hydrogens is 364 g/mol. The maximum atomic E-state index is 12.6. The van der Waals surface area contributed by atoms with Crippen molar-refractivity contribution in [2.24, 2.45) is 0 Å². The molecule has 1 heterocycles. The molecule has 112 valence electrons. The van der Waals surface area contributed by atoms with E-state index in [9.17, 15) is 9.59 Å². The Morgan fingerprint density at radius 3 is 2.59 bits per heavy atom. The smallest absolute Gasteiger partial charge is 0.250 e. The van der Waals surface area contributed by atoms with Gasteiger partial charge in [0.1, 0.15) is 0 Å². The van der Waals surface area contributed by atoms with Gasteiger partial charge in [0.2, 0.25) is 11.8 Å².